The van der Waals surface area contributed by atoms with Crippen molar-refractivity contribution in [1.82, 2.24) is 0 Å². The van der Waals surface area contributed by atoms with E-state index in [1.165, 1.54) is 7.11 Å². The normalized spacial score (nSPS) is 9.88. The Morgan fingerprint density at radius 1 is 1.25 bits per heavy atom. The molecule has 0 saturated heterocycles. The van der Waals surface area contributed by atoms with Gasteiger partial charge in [0.25, 0.3) is 0 Å². The number of ether oxygens (including phenoxy) is 3. The fourth-order valence-electron chi connectivity index (χ4n) is 1.23. The van der Waals surface area contributed by atoms with E-state index in [2.05, 4.69) is 4.74 Å². The Balaban J connectivity index is 2.60. The van der Waals surface area contributed by atoms with E-state index in [0.717, 1.165) is 0 Å². The number of hydrogen-bond acceptors (Lipinski definition) is 4. The van der Waals surface area contributed by atoms with Crippen LogP contribution in [0.2, 0.25) is 0 Å². The van der Waals surface area contributed by atoms with Crippen molar-refractivity contribution in [2.75, 3.05) is 26.9 Å². The molecule has 1 aromatic carbocycles. The Morgan fingerprint density at radius 3 is 2.69 bits per heavy atom. The van der Waals surface area contributed by atoms with Gasteiger partial charge in [-0.1, -0.05) is 12.1 Å². The van der Waals surface area contributed by atoms with Gasteiger partial charge < -0.3 is 14.2 Å². The van der Waals surface area contributed by atoms with E-state index in [-0.39, 0.29) is 0 Å². The Bertz CT molecular complexity index is 336. The molecule has 0 N–H and O–H groups in total. The molecule has 1 rings (SSSR count). The van der Waals surface area contributed by atoms with Crippen molar-refractivity contribution in [2.24, 2.45) is 0 Å². The first-order valence-electron chi connectivity index (χ1n) is 5.17. The van der Waals surface area contributed by atoms with Gasteiger partial charge in [0.15, 0.2) is 0 Å². The third-order valence-corrected chi connectivity index (χ3v) is 1.98. The highest BCUT2D eigenvalue weighted by atomic mass is 16.5. The van der Waals surface area contributed by atoms with E-state index in [9.17, 15) is 4.79 Å². The number of carbonyl (C=O) groups excluding carboxylic acids is 1. The predicted molar refractivity (Wildman–Crippen MR) is 59.8 cm³/mol. The zero-order valence-electron chi connectivity index (χ0n) is 9.56. The van der Waals surface area contributed by atoms with Crippen molar-refractivity contribution in [3.8, 4) is 5.75 Å². The van der Waals surface area contributed by atoms with Gasteiger partial charge in [0, 0.05) is 6.61 Å². The number of esters is 1. The fraction of sp³-hybridized carbons (Fsp3) is 0.417. The summed E-state index contributed by atoms with van der Waals surface area (Å²) in [4.78, 5) is 11.4. The minimum atomic E-state index is -0.396. The molecule has 0 aromatic heterocycles. The summed E-state index contributed by atoms with van der Waals surface area (Å²) >= 11 is 0. The number of hydrogen-bond donors (Lipinski definition) is 0. The Kier molecular flexibility index (Phi) is 5.36. The second kappa shape index (κ2) is 6.85. The lowest BCUT2D eigenvalue weighted by Crippen LogP contribution is -2.10. The molecule has 0 bridgehead atoms. The summed E-state index contributed by atoms with van der Waals surface area (Å²) in [6.07, 6.45) is 0. The largest absolute Gasteiger partial charge is 0.490 e. The van der Waals surface area contributed by atoms with Crippen LogP contribution in [-0.2, 0) is 9.47 Å². The van der Waals surface area contributed by atoms with E-state index in [4.69, 9.17) is 9.47 Å². The van der Waals surface area contributed by atoms with Crippen LogP contribution in [0.3, 0.4) is 0 Å². The minimum absolute atomic E-state index is 0.396. The number of rotatable bonds is 6. The topological polar surface area (TPSA) is 44.8 Å². The number of carbonyl (C=O) groups is 1. The summed E-state index contributed by atoms with van der Waals surface area (Å²) in [5.74, 6) is 0.126. The lowest BCUT2D eigenvalue weighted by Gasteiger charge is -2.09. The second-order valence-electron chi connectivity index (χ2n) is 3.03. The van der Waals surface area contributed by atoms with Crippen LogP contribution >= 0.6 is 0 Å². The molecule has 4 nitrogen and oxygen atoms in total. The van der Waals surface area contributed by atoms with Crippen LogP contribution < -0.4 is 4.74 Å². The highest BCUT2D eigenvalue weighted by Crippen LogP contribution is 2.18. The number of para-hydroxylation sites is 1. The van der Waals surface area contributed by atoms with Gasteiger partial charge in [-0.3, -0.25) is 0 Å². The summed E-state index contributed by atoms with van der Waals surface area (Å²) in [6.45, 7) is 3.50. The second-order valence-corrected chi connectivity index (χ2v) is 3.03. The number of methoxy groups -OCH3 is 1. The quantitative estimate of drug-likeness (QED) is 0.546. The zero-order chi connectivity index (χ0) is 11.8. The zero-order valence-corrected chi connectivity index (χ0v) is 9.56. The van der Waals surface area contributed by atoms with Crippen LogP contribution in [0.4, 0.5) is 0 Å². The van der Waals surface area contributed by atoms with Crippen LogP contribution in [-0.4, -0.2) is 32.9 Å². The summed E-state index contributed by atoms with van der Waals surface area (Å²) in [5, 5.41) is 0. The average molecular weight is 224 g/mol. The molecule has 0 saturated carbocycles. The van der Waals surface area contributed by atoms with Gasteiger partial charge in [-0.15, -0.1) is 0 Å². The highest BCUT2D eigenvalue weighted by molar-refractivity contribution is 5.92. The first kappa shape index (κ1) is 12.5. The Labute approximate surface area is 95.1 Å². The highest BCUT2D eigenvalue weighted by Gasteiger charge is 2.11. The fourth-order valence-corrected chi connectivity index (χ4v) is 1.23. The molecule has 0 atom stereocenters. The smallest absolute Gasteiger partial charge is 0.341 e. The molecule has 16 heavy (non-hydrogen) atoms. The maximum atomic E-state index is 11.4. The molecule has 0 aliphatic heterocycles. The summed E-state index contributed by atoms with van der Waals surface area (Å²) in [7, 11) is 1.35. The van der Waals surface area contributed by atoms with Crippen molar-refractivity contribution in [2.45, 2.75) is 6.92 Å². The van der Waals surface area contributed by atoms with Gasteiger partial charge in [-0.05, 0) is 19.1 Å². The van der Waals surface area contributed by atoms with Gasteiger partial charge >= 0.3 is 5.97 Å². The predicted octanol–water partition coefficient (Wildman–Crippen LogP) is 1.89. The molecule has 0 aliphatic rings. The molecule has 0 aliphatic carbocycles. The van der Waals surface area contributed by atoms with E-state index in [0.29, 0.717) is 31.1 Å². The van der Waals surface area contributed by atoms with Crippen molar-refractivity contribution in [1.29, 1.82) is 0 Å². The van der Waals surface area contributed by atoms with Gasteiger partial charge in [0.1, 0.15) is 17.9 Å². The molecule has 0 fully saturated rings. The molecule has 88 valence electrons. The van der Waals surface area contributed by atoms with Gasteiger partial charge in [-0.2, -0.15) is 0 Å². The monoisotopic (exact) mass is 224 g/mol. The summed E-state index contributed by atoms with van der Waals surface area (Å²) in [6, 6.07) is 6.98. The van der Waals surface area contributed by atoms with E-state index < -0.39 is 5.97 Å². The first-order valence-corrected chi connectivity index (χ1v) is 5.17. The average Bonchev–Trinajstić information content (AvgIpc) is 2.34. The van der Waals surface area contributed by atoms with Crippen LogP contribution in [0.5, 0.6) is 5.75 Å². The van der Waals surface area contributed by atoms with E-state index in [1.54, 1.807) is 18.2 Å². The van der Waals surface area contributed by atoms with Gasteiger partial charge in [0.2, 0.25) is 0 Å². The van der Waals surface area contributed by atoms with Crippen molar-refractivity contribution >= 4 is 5.97 Å². The molecule has 0 spiro atoms. The maximum absolute atomic E-state index is 11.4. The Morgan fingerprint density at radius 2 is 2.00 bits per heavy atom. The molecular formula is C12H16O4. The molecule has 1 aromatic rings. The third kappa shape index (κ3) is 3.55. The molecule has 0 unspecified atom stereocenters. The molecule has 0 heterocycles. The standard InChI is InChI=1S/C12H16O4/c1-3-15-8-9-16-11-7-5-4-6-10(11)12(13)14-2/h4-7H,3,8-9H2,1-2H3. The molecule has 0 amide bonds. The molecule has 4 heteroatoms. The van der Waals surface area contributed by atoms with Crippen molar-refractivity contribution < 1.29 is 19.0 Å². The maximum Gasteiger partial charge on any atom is 0.341 e. The van der Waals surface area contributed by atoms with Crippen molar-refractivity contribution in [3.63, 3.8) is 0 Å². The van der Waals surface area contributed by atoms with Crippen molar-refractivity contribution in [3.05, 3.63) is 29.8 Å². The first-order chi connectivity index (χ1) is 7.79. The Hall–Kier alpha value is -1.55. The summed E-state index contributed by atoms with van der Waals surface area (Å²) < 4.78 is 15.2. The van der Waals surface area contributed by atoms with Crippen LogP contribution in [0.25, 0.3) is 0 Å². The number of benzene rings is 1. The van der Waals surface area contributed by atoms with Gasteiger partial charge in [-0.25, -0.2) is 4.79 Å². The van der Waals surface area contributed by atoms with Crippen LogP contribution in [0.1, 0.15) is 17.3 Å². The van der Waals surface area contributed by atoms with Crippen LogP contribution in [0, 0.1) is 0 Å². The lowest BCUT2D eigenvalue weighted by molar-refractivity contribution is 0.0592. The lowest BCUT2D eigenvalue weighted by atomic mass is 10.2. The van der Waals surface area contributed by atoms with Gasteiger partial charge in [0.05, 0.1) is 13.7 Å². The van der Waals surface area contributed by atoms with E-state index in [1.807, 2.05) is 13.0 Å². The SMILES string of the molecule is CCOCCOc1ccccc1C(=O)OC. The van der Waals surface area contributed by atoms with E-state index >= 15 is 0 Å². The third-order valence-electron chi connectivity index (χ3n) is 1.98. The molecule has 0 radical (unpaired) electrons. The minimum Gasteiger partial charge on any atom is -0.490 e. The molecular weight excluding hydrogens is 208 g/mol. The summed E-state index contributed by atoms with van der Waals surface area (Å²) in [5.41, 5.74) is 0.432. The van der Waals surface area contributed by atoms with Crippen LogP contribution in [0.15, 0.2) is 24.3 Å².